The van der Waals surface area contributed by atoms with Crippen molar-refractivity contribution in [3.8, 4) is 0 Å². The molecule has 148 valence electrons. The third-order valence-electron chi connectivity index (χ3n) is 5.10. The van der Waals surface area contributed by atoms with Crippen LogP contribution < -0.4 is 4.90 Å². The number of hydrogen-bond donors (Lipinski definition) is 0. The summed E-state index contributed by atoms with van der Waals surface area (Å²) in [4.78, 5) is 36.9. The van der Waals surface area contributed by atoms with Gasteiger partial charge in [-0.05, 0) is 25.5 Å². The Bertz CT molecular complexity index is 869. The van der Waals surface area contributed by atoms with Crippen LogP contribution >= 0.6 is 23.1 Å². The van der Waals surface area contributed by atoms with Gasteiger partial charge in [0.05, 0.1) is 22.1 Å². The summed E-state index contributed by atoms with van der Waals surface area (Å²) in [6, 6.07) is 7.81. The van der Waals surface area contributed by atoms with E-state index in [-0.39, 0.29) is 18.4 Å². The van der Waals surface area contributed by atoms with Crippen LogP contribution in [0.4, 0.5) is 5.69 Å². The second-order valence-electron chi connectivity index (χ2n) is 7.10. The third kappa shape index (κ3) is 4.39. The average Bonchev–Trinajstić information content (AvgIpc) is 2.96. The fraction of sp³-hybridized carbons (Fsp3) is 0.450. The molecule has 2 amide bonds. The number of thiazole rings is 1. The van der Waals surface area contributed by atoms with Crippen LogP contribution in [0.25, 0.3) is 0 Å². The Labute approximate surface area is 173 Å². The maximum Gasteiger partial charge on any atom is 0.242 e. The van der Waals surface area contributed by atoms with Crippen LogP contribution in [-0.4, -0.2) is 65.1 Å². The number of anilines is 1. The van der Waals surface area contributed by atoms with E-state index in [4.69, 9.17) is 0 Å². The molecule has 1 aromatic carbocycles. The number of carbonyl (C=O) groups excluding carboxylic acids is 2. The molecule has 0 unspecified atom stereocenters. The summed E-state index contributed by atoms with van der Waals surface area (Å²) in [6.45, 7) is 6.22. The second kappa shape index (κ2) is 8.63. The molecule has 0 aliphatic carbocycles. The van der Waals surface area contributed by atoms with E-state index >= 15 is 0 Å². The quantitative estimate of drug-likeness (QED) is 0.767. The lowest BCUT2D eigenvalue weighted by atomic mass is 10.2. The molecule has 2 aromatic rings. The first kappa shape index (κ1) is 19.4. The van der Waals surface area contributed by atoms with E-state index in [0.29, 0.717) is 12.3 Å². The number of amides is 2. The van der Waals surface area contributed by atoms with Gasteiger partial charge >= 0.3 is 0 Å². The number of fused-ring (bicyclic) bond motifs is 1. The number of para-hydroxylation sites is 1. The van der Waals surface area contributed by atoms with Crippen LogP contribution in [0.1, 0.15) is 17.1 Å². The van der Waals surface area contributed by atoms with E-state index in [1.165, 1.54) is 0 Å². The normalized spacial score (nSPS) is 18.1. The van der Waals surface area contributed by atoms with E-state index in [1.807, 2.05) is 36.1 Å². The van der Waals surface area contributed by atoms with Gasteiger partial charge in [0.1, 0.15) is 6.54 Å². The Balaban J connectivity index is 1.37. The van der Waals surface area contributed by atoms with Crippen LogP contribution in [0.3, 0.4) is 0 Å². The average molecular weight is 417 g/mol. The number of rotatable bonds is 4. The van der Waals surface area contributed by atoms with Crippen LogP contribution in [0, 0.1) is 6.92 Å². The molecule has 0 radical (unpaired) electrons. The van der Waals surface area contributed by atoms with E-state index in [2.05, 4.69) is 15.3 Å². The van der Waals surface area contributed by atoms with E-state index in [9.17, 15) is 9.59 Å². The topological polar surface area (TPSA) is 56.8 Å². The summed E-state index contributed by atoms with van der Waals surface area (Å²) in [5, 5.41) is 3.20. The fourth-order valence-corrected chi connectivity index (χ4v) is 5.19. The number of hydrogen-bond acceptors (Lipinski definition) is 6. The fourth-order valence-electron chi connectivity index (χ4n) is 3.65. The molecule has 1 saturated heterocycles. The highest BCUT2D eigenvalue weighted by atomic mass is 32.2. The van der Waals surface area contributed by atoms with Crippen LogP contribution in [-0.2, 0) is 16.1 Å². The zero-order valence-corrected chi connectivity index (χ0v) is 17.6. The molecule has 0 spiro atoms. The Hall–Kier alpha value is -1.90. The van der Waals surface area contributed by atoms with Gasteiger partial charge in [-0.15, -0.1) is 23.1 Å². The first-order valence-corrected chi connectivity index (χ1v) is 11.4. The predicted molar refractivity (Wildman–Crippen MR) is 113 cm³/mol. The molecule has 6 nitrogen and oxygen atoms in total. The third-order valence-corrected chi connectivity index (χ3v) is 6.96. The first-order valence-electron chi connectivity index (χ1n) is 9.53. The lowest BCUT2D eigenvalue weighted by Gasteiger charge is -2.30. The molecule has 28 heavy (non-hydrogen) atoms. The van der Waals surface area contributed by atoms with Crippen molar-refractivity contribution in [1.29, 1.82) is 0 Å². The number of thioether (sulfide) groups is 1. The van der Waals surface area contributed by atoms with Crippen molar-refractivity contribution in [1.82, 2.24) is 14.8 Å². The number of nitrogens with zero attached hydrogens (tertiary/aromatic N) is 4. The van der Waals surface area contributed by atoms with Crippen LogP contribution in [0.15, 0.2) is 34.5 Å². The van der Waals surface area contributed by atoms with E-state index in [0.717, 1.165) is 53.9 Å². The monoisotopic (exact) mass is 416 g/mol. The minimum absolute atomic E-state index is 0.00685. The van der Waals surface area contributed by atoms with E-state index < -0.39 is 0 Å². The zero-order valence-electron chi connectivity index (χ0n) is 16.0. The Kier molecular flexibility index (Phi) is 5.99. The van der Waals surface area contributed by atoms with Crippen molar-refractivity contribution in [2.75, 3.05) is 43.4 Å². The van der Waals surface area contributed by atoms with Gasteiger partial charge in [0.15, 0.2) is 0 Å². The molecule has 1 fully saturated rings. The number of aromatic nitrogens is 1. The molecule has 0 atom stereocenters. The largest absolute Gasteiger partial charge is 0.340 e. The minimum Gasteiger partial charge on any atom is -0.340 e. The van der Waals surface area contributed by atoms with Crippen molar-refractivity contribution >= 4 is 40.6 Å². The summed E-state index contributed by atoms with van der Waals surface area (Å²) in [5.41, 5.74) is 1.96. The standard InChI is InChI=1S/C20H24N4O2S2/c1-15-21-16(13-27-15)11-22-7-4-8-23(10-9-22)19(25)12-24-17-5-2-3-6-18(17)28-14-20(24)26/h2-3,5-6,13H,4,7-12,14H2,1H3. The SMILES string of the molecule is Cc1nc(CN2CCCN(C(=O)CN3C(=O)CSc4ccccc43)CC2)cs1. The van der Waals surface area contributed by atoms with Crippen LogP contribution in [0.2, 0.25) is 0 Å². The number of benzene rings is 1. The molecule has 0 saturated carbocycles. The summed E-state index contributed by atoms with van der Waals surface area (Å²) < 4.78 is 0. The summed E-state index contributed by atoms with van der Waals surface area (Å²) in [7, 11) is 0. The van der Waals surface area contributed by atoms with Crippen molar-refractivity contribution < 1.29 is 9.59 Å². The molecule has 0 bridgehead atoms. The molecule has 8 heteroatoms. The maximum absolute atomic E-state index is 12.9. The molecule has 2 aliphatic rings. The highest BCUT2D eigenvalue weighted by Crippen LogP contribution is 2.34. The maximum atomic E-state index is 12.9. The Morgan fingerprint density at radius 2 is 2.04 bits per heavy atom. The molecular weight excluding hydrogens is 392 g/mol. The Morgan fingerprint density at radius 3 is 2.86 bits per heavy atom. The van der Waals surface area contributed by atoms with Crippen LogP contribution in [0.5, 0.6) is 0 Å². The molecule has 3 heterocycles. The van der Waals surface area contributed by atoms with Gasteiger partial charge in [0, 0.05) is 43.0 Å². The van der Waals surface area contributed by atoms with Gasteiger partial charge in [-0.1, -0.05) is 12.1 Å². The van der Waals surface area contributed by atoms with Crippen molar-refractivity contribution in [3.05, 3.63) is 40.3 Å². The molecule has 4 rings (SSSR count). The van der Waals surface area contributed by atoms with Gasteiger partial charge in [0.2, 0.25) is 11.8 Å². The summed E-state index contributed by atoms with van der Waals surface area (Å²) in [5.74, 6) is 0.430. The van der Waals surface area contributed by atoms with Gasteiger partial charge in [-0.2, -0.15) is 0 Å². The molecule has 2 aliphatic heterocycles. The molecule has 1 aromatic heterocycles. The van der Waals surface area contributed by atoms with Gasteiger partial charge in [-0.3, -0.25) is 14.5 Å². The highest BCUT2D eigenvalue weighted by Gasteiger charge is 2.28. The number of aryl methyl sites for hydroxylation is 1. The smallest absolute Gasteiger partial charge is 0.242 e. The molecule has 0 N–H and O–H groups in total. The van der Waals surface area contributed by atoms with Gasteiger partial charge in [0.25, 0.3) is 0 Å². The van der Waals surface area contributed by atoms with Crippen molar-refractivity contribution in [2.24, 2.45) is 0 Å². The van der Waals surface area contributed by atoms with Crippen molar-refractivity contribution in [2.45, 2.75) is 24.8 Å². The molecular formula is C20H24N4O2S2. The van der Waals surface area contributed by atoms with E-state index in [1.54, 1.807) is 28.0 Å². The number of carbonyl (C=O) groups is 2. The summed E-state index contributed by atoms with van der Waals surface area (Å²) >= 11 is 3.22. The second-order valence-corrected chi connectivity index (χ2v) is 9.18. The lowest BCUT2D eigenvalue weighted by Crippen LogP contribution is -2.46. The first-order chi connectivity index (χ1) is 13.6. The van der Waals surface area contributed by atoms with Gasteiger partial charge < -0.3 is 9.80 Å². The minimum atomic E-state index is 0.00685. The highest BCUT2D eigenvalue weighted by molar-refractivity contribution is 8.00. The zero-order chi connectivity index (χ0) is 19.5. The predicted octanol–water partition coefficient (Wildman–Crippen LogP) is 2.62. The lowest BCUT2D eigenvalue weighted by molar-refractivity contribution is -0.131. The Morgan fingerprint density at radius 1 is 1.18 bits per heavy atom. The van der Waals surface area contributed by atoms with Gasteiger partial charge in [-0.25, -0.2) is 4.98 Å². The van der Waals surface area contributed by atoms with Crippen molar-refractivity contribution in [3.63, 3.8) is 0 Å². The summed E-state index contributed by atoms with van der Waals surface area (Å²) in [6.07, 6.45) is 0.940.